The maximum Gasteiger partial charge on any atom is 0.409 e. The molecule has 1 saturated heterocycles. The normalized spacial score (nSPS) is 20.5. The van der Waals surface area contributed by atoms with E-state index >= 15 is 0 Å². The van der Waals surface area contributed by atoms with Gasteiger partial charge in [0, 0.05) is 32.7 Å². The van der Waals surface area contributed by atoms with Crippen molar-refractivity contribution in [1.82, 2.24) is 15.1 Å². The van der Waals surface area contributed by atoms with E-state index in [4.69, 9.17) is 4.74 Å². The molecule has 1 heterocycles. The third-order valence-corrected chi connectivity index (χ3v) is 3.98. The lowest BCUT2D eigenvalue weighted by atomic mass is 9.85. The Kier molecular flexibility index (Phi) is 4.87. The zero-order chi connectivity index (χ0) is 13.7. The highest BCUT2D eigenvalue weighted by atomic mass is 16.5. The zero-order valence-corrected chi connectivity index (χ0v) is 11.6. The van der Waals surface area contributed by atoms with Gasteiger partial charge in [0.25, 0.3) is 0 Å². The lowest BCUT2D eigenvalue weighted by molar-refractivity contribution is 0.125. The fraction of sp³-hybridized carbons (Fsp3) is 0.846. The summed E-state index contributed by atoms with van der Waals surface area (Å²) in [5, 5.41) is 2.99. The quantitative estimate of drug-likeness (QED) is 0.821. The van der Waals surface area contributed by atoms with Crippen molar-refractivity contribution in [2.75, 3.05) is 39.8 Å². The first kappa shape index (κ1) is 14.0. The Morgan fingerprint density at radius 2 is 1.79 bits per heavy atom. The molecule has 0 spiro atoms. The van der Waals surface area contributed by atoms with E-state index in [0.717, 1.165) is 13.0 Å². The van der Waals surface area contributed by atoms with E-state index in [-0.39, 0.29) is 12.1 Å². The van der Waals surface area contributed by atoms with E-state index in [9.17, 15) is 9.59 Å². The minimum Gasteiger partial charge on any atom is -0.453 e. The van der Waals surface area contributed by atoms with Gasteiger partial charge in [-0.1, -0.05) is 6.42 Å². The molecule has 1 N–H and O–H groups in total. The minimum absolute atomic E-state index is 0.00128. The fourth-order valence-electron chi connectivity index (χ4n) is 2.47. The van der Waals surface area contributed by atoms with Crippen LogP contribution in [0.2, 0.25) is 0 Å². The summed E-state index contributed by atoms with van der Waals surface area (Å²) in [5.74, 6) is 0.669. The van der Waals surface area contributed by atoms with Crippen LogP contribution in [-0.2, 0) is 4.74 Å². The first-order valence-corrected chi connectivity index (χ1v) is 7.06. The molecular weight excluding hydrogens is 246 g/mol. The Morgan fingerprint density at radius 3 is 2.42 bits per heavy atom. The molecule has 19 heavy (non-hydrogen) atoms. The van der Waals surface area contributed by atoms with E-state index in [1.165, 1.54) is 26.4 Å². The molecule has 6 heteroatoms. The molecule has 108 valence electrons. The number of amides is 3. The first-order chi connectivity index (χ1) is 9.20. The van der Waals surface area contributed by atoms with Crippen LogP contribution in [0, 0.1) is 5.92 Å². The van der Waals surface area contributed by atoms with Gasteiger partial charge >= 0.3 is 12.1 Å². The Bertz CT molecular complexity index is 331. The summed E-state index contributed by atoms with van der Waals surface area (Å²) < 4.78 is 4.71. The van der Waals surface area contributed by atoms with Crippen molar-refractivity contribution in [2.45, 2.75) is 25.7 Å². The molecule has 2 aliphatic rings. The summed E-state index contributed by atoms with van der Waals surface area (Å²) in [5.41, 5.74) is 0. The summed E-state index contributed by atoms with van der Waals surface area (Å²) in [6.07, 6.45) is 4.24. The van der Waals surface area contributed by atoms with Gasteiger partial charge < -0.3 is 19.9 Å². The van der Waals surface area contributed by atoms with Gasteiger partial charge in [-0.3, -0.25) is 0 Å². The molecule has 1 aliphatic carbocycles. The largest absolute Gasteiger partial charge is 0.453 e. The maximum atomic E-state index is 12.0. The highest BCUT2D eigenvalue weighted by molar-refractivity contribution is 5.74. The molecule has 2 rings (SSSR count). The molecule has 1 aliphatic heterocycles. The number of carbonyl (C=O) groups is 2. The Morgan fingerprint density at radius 1 is 1.11 bits per heavy atom. The van der Waals surface area contributed by atoms with Crippen LogP contribution in [0.5, 0.6) is 0 Å². The van der Waals surface area contributed by atoms with Gasteiger partial charge in [0.05, 0.1) is 7.11 Å². The number of hydrogen-bond donors (Lipinski definition) is 1. The molecule has 0 aromatic carbocycles. The molecule has 0 atom stereocenters. The Hall–Kier alpha value is -1.46. The molecule has 6 nitrogen and oxygen atoms in total. The minimum atomic E-state index is -0.309. The number of nitrogens with one attached hydrogen (secondary N) is 1. The van der Waals surface area contributed by atoms with Crippen LogP contribution >= 0.6 is 0 Å². The third-order valence-electron chi connectivity index (χ3n) is 3.98. The molecule has 3 amide bonds. The molecule has 0 unspecified atom stereocenters. The van der Waals surface area contributed by atoms with Gasteiger partial charge in [0.2, 0.25) is 0 Å². The van der Waals surface area contributed by atoms with Crippen molar-refractivity contribution >= 4 is 12.1 Å². The SMILES string of the molecule is COC(=O)N1CCCN(C(=O)NCC2CCC2)CC1. The van der Waals surface area contributed by atoms with Crippen LogP contribution in [0.4, 0.5) is 9.59 Å². The molecule has 1 saturated carbocycles. The number of rotatable bonds is 2. The summed E-state index contributed by atoms with van der Waals surface area (Å²) >= 11 is 0. The van der Waals surface area contributed by atoms with Crippen molar-refractivity contribution in [1.29, 1.82) is 0 Å². The van der Waals surface area contributed by atoms with Gasteiger partial charge in [-0.15, -0.1) is 0 Å². The summed E-state index contributed by atoms with van der Waals surface area (Å²) in [7, 11) is 1.39. The molecule has 0 aromatic rings. The average Bonchev–Trinajstić information content (AvgIpc) is 2.61. The average molecular weight is 269 g/mol. The molecule has 2 fully saturated rings. The third kappa shape index (κ3) is 3.75. The second-order valence-electron chi connectivity index (χ2n) is 5.28. The summed E-state index contributed by atoms with van der Waals surface area (Å²) in [6.45, 7) is 3.26. The number of ether oxygens (including phenoxy) is 1. The van der Waals surface area contributed by atoms with Crippen LogP contribution in [0.1, 0.15) is 25.7 Å². The summed E-state index contributed by atoms with van der Waals surface area (Å²) in [4.78, 5) is 26.9. The topological polar surface area (TPSA) is 61.9 Å². The standard InChI is InChI=1S/C13H23N3O3/c1-19-13(18)16-7-3-6-15(8-9-16)12(17)14-10-11-4-2-5-11/h11H,2-10H2,1H3,(H,14,17). The first-order valence-electron chi connectivity index (χ1n) is 7.06. The summed E-state index contributed by atoms with van der Waals surface area (Å²) in [6, 6.07) is -0.00128. The number of nitrogens with zero attached hydrogens (tertiary/aromatic N) is 2. The molecule has 0 radical (unpaired) electrons. The number of urea groups is 1. The monoisotopic (exact) mass is 269 g/mol. The van der Waals surface area contributed by atoms with E-state index in [2.05, 4.69) is 5.32 Å². The zero-order valence-electron chi connectivity index (χ0n) is 11.6. The van der Waals surface area contributed by atoms with Gasteiger partial charge in [0.15, 0.2) is 0 Å². The fourth-order valence-corrected chi connectivity index (χ4v) is 2.47. The number of methoxy groups -OCH3 is 1. The highest BCUT2D eigenvalue weighted by Crippen LogP contribution is 2.25. The molecular formula is C13H23N3O3. The number of carbonyl (C=O) groups excluding carboxylic acids is 2. The highest BCUT2D eigenvalue weighted by Gasteiger charge is 2.23. The smallest absolute Gasteiger partial charge is 0.409 e. The van der Waals surface area contributed by atoms with Crippen LogP contribution in [0.3, 0.4) is 0 Å². The van der Waals surface area contributed by atoms with Gasteiger partial charge in [0.1, 0.15) is 0 Å². The predicted octanol–water partition coefficient (Wildman–Crippen LogP) is 1.27. The Balaban J connectivity index is 1.74. The van der Waals surface area contributed by atoms with E-state index in [1.54, 1.807) is 9.80 Å². The van der Waals surface area contributed by atoms with E-state index < -0.39 is 0 Å². The van der Waals surface area contributed by atoms with Crippen LogP contribution in [-0.4, -0.2) is 61.8 Å². The number of hydrogen-bond acceptors (Lipinski definition) is 3. The lowest BCUT2D eigenvalue weighted by Crippen LogP contribution is -2.44. The molecule has 0 aromatic heterocycles. The van der Waals surface area contributed by atoms with E-state index in [0.29, 0.717) is 32.1 Å². The van der Waals surface area contributed by atoms with Crippen LogP contribution < -0.4 is 5.32 Å². The van der Waals surface area contributed by atoms with Crippen molar-refractivity contribution in [3.8, 4) is 0 Å². The lowest BCUT2D eigenvalue weighted by Gasteiger charge is -2.27. The van der Waals surface area contributed by atoms with Crippen molar-refractivity contribution in [3.63, 3.8) is 0 Å². The maximum absolute atomic E-state index is 12.0. The second kappa shape index (κ2) is 6.63. The molecule has 0 bridgehead atoms. The Labute approximate surface area is 114 Å². The predicted molar refractivity (Wildman–Crippen MR) is 70.9 cm³/mol. The van der Waals surface area contributed by atoms with Crippen molar-refractivity contribution < 1.29 is 14.3 Å². The van der Waals surface area contributed by atoms with Crippen molar-refractivity contribution in [2.24, 2.45) is 5.92 Å². The van der Waals surface area contributed by atoms with Gasteiger partial charge in [-0.05, 0) is 25.2 Å². The van der Waals surface area contributed by atoms with E-state index in [1.807, 2.05) is 0 Å². The van der Waals surface area contributed by atoms with Crippen LogP contribution in [0.15, 0.2) is 0 Å². The van der Waals surface area contributed by atoms with Crippen LogP contribution in [0.25, 0.3) is 0 Å². The van der Waals surface area contributed by atoms with Crippen molar-refractivity contribution in [3.05, 3.63) is 0 Å². The second-order valence-corrected chi connectivity index (χ2v) is 5.28. The van der Waals surface area contributed by atoms with Gasteiger partial charge in [-0.2, -0.15) is 0 Å². The van der Waals surface area contributed by atoms with Gasteiger partial charge in [-0.25, -0.2) is 9.59 Å².